The molecule has 0 spiro atoms. The van der Waals surface area contributed by atoms with E-state index < -0.39 is 16.1 Å². The van der Waals surface area contributed by atoms with Crippen molar-refractivity contribution in [2.45, 2.75) is 50.9 Å². The predicted octanol–water partition coefficient (Wildman–Crippen LogP) is 2.99. The molecule has 1 aromatic carbocycles. The molecule has 25 heavy (non-hydrogen) atoms. The first-order valence-electron chi connectivity index (χ1n) is 8.60. The number of rotatable bonds is 10. The summed E-state index contributed by atoms with van der Waals surface area (Å²) >= 11 is 0. The maximum absolute atomic E-state index is 10.9. The number of carboxylic acid groups (broad SMARTS) is 1. The lowest BCUT2D eigenvalue weighted by Gasteiger charge is -2.18. The van der Waals surface area contributed by atoms with Crippen molar-refractivity contribution in [2.24, 2.45) is 0 Å². The van der Waals surface area contributed by atoms with E-state index in [-0.39, 0.29) is 17.6 Å². The predicted molar refractivity (Wildman–Crippen MR) is 96.4 cm³/mol. The average Bonchev–Trinajstić information content (AvgIpc) is 2.79. The molecule has 7 heteroatoms. The molecule has 0 saturated heterocycles. The minimum atomic E-state index is -3.94. The monoisotopic (exact) mass is 368 g/mol. The topological polar surface area (TPSA) is 94.7 Å². The summed E-state index contributed by atoms with van der Waals surface area (Å²) in [6.45, 7) is 2.69. The van der Waals surface area contributed by atoms with Crippen LogP contribution in [0, 0.1) is 0 Å². The van der Waals surface area contributed by atoms with Crippen molar-refractivity contribution in [1.82, 2.24) is 0 Å². The molecule has 0 aromatic heterocycles. The largest absolute Gasteiger partial charge is 0.481 e. The first-order valence-corrected chi connectivity index (χ1v) is 10.2. The molecule has 1 aromatic rings. The molecule has 2 rings (SSSR count). The fourth-order valence-corrected chi connectivity index (χ4v) is 3.93. The van der Waals surface area contributed by atoms with Crippen molar-refractivity contribution in [3.63, 3.8) is 0 Å². The summed E-state index contributed by atoms with van der Waals surface area (Å²) in [6, 6.07) is 8.07. The molecule has 0 fully saturated rings. The van der Waals surface area contributed by atoms with Crippen LogP contribution in [-0.4, -0.2) is 47.1 Å². The molecule has 0 amide bonds. The zero-order chi connectivity index (χ0) is 18.5. The molecule has 1 unspecified atom stereocenters. The maximum atomic E-state index is 10.9. The molecule has 6 nitrogen and oxygen atoms in total. The first-order chi connectivity index (χ1) is 11.7. The third-order valence-corrected chi connectivity index (χ3v) is 5.46. The van der Waals surface area contributed by atoms with Gasteiger partial charge in [0.25, 0.3) is 10.1 Å². The smallest absolute Gasteiger partial charge is 0.303 e. The number of hydrogen-bond donors (Lipinski definition) is 2. The van der Waals surface area contributed by atoms with E-state index in [1.54, 1.807) is 0 Å². The first kappa shape index (κ1) is 19.6. The lowest BCUT2D eigenvalue weighted by molar-refractivity contribution is -0.433. The Morgan fingerprint density at radius 2 is 1.88 bits per heavy atom. The van der Waals surface area contributed by atoms with Gasteiger partial charge < -0.3 is 5.11 Å². The third-order valence-electron chi connectivity index (χ3n) is 4.66. The SMILES string of the molecule is CC1(CCCCCC(=O)O)C=[N+](CCCS(=O)(=O)O)c2ccccc21. The van der Waals surface area contributed by atoms with Crippen LogP contribution in [0.1, 0.15) is 51.0 Å². The van der Waals surface area contributed by atoms with E-state index in [0.29, 0.717) is 19.4 Å². The maximum Gasteiger partial charge on any atom is 0.303 e. The van der Waals surface area contributed by atoms with Gasteiger partial charge >= 0.3 is 5.97 Å². The normalized spacial score (nSPS) is 19.5. The van der Waals surface area contributed by atoms with Gasteiger partial charge in [-0.15, -0.1) is 0 Å². The number of carbonyl (C=O) groups is 1. The number of para-hydroxylation sites is 1. The van der Waals surface area contributed by atoms with E-state index in [1.807, 2.05) is 18.2 Å². The van der Waals surface area contributed by atoms with E-state index in [0.717, 1.165) is 24.9 Å². The highest BCUT2D eigenvalue weighted by molar-refractivity contribution is 7.85. The highest BCUT2D eigenvalue weighted by Crippen LogP contribution is 2.39. The van der Waals surface area contributed by atoms with Crippen LogP contribution in [0.4, 0.5) is 5.69 Å². The van der Waals surface area contributed by atoms with Crippen molar-refractivity contribution in [3.8, 4) is 0 Å². The van der Waals surface area contributed by atoms with Gasteiger partial charge in [0.1, 0.15) is 6.54 Å². The van der Waals surface area contributed by atoms with E-state index in [4.69, 9.17) is 9.66 Å². The number of fused-ring (bicyclic) bond motifs is 1. The van der Waals surface area contributed by atoms with Gasteiger partial charge in [0.15, 0.2) is 6.21 Å². The number of benzene rings is 1. The Labute approximate surface area is 148 Å². The van der Waals surface area contributed by atoms with E-state index >= 15 is 0 Å². The lowest BCUT2D eigenvalue weighted by atomic mass is 9.80. The molecular formula is C18H26NO5S+. The Balaban J connectivity index is 2.03. The van der Waals surface area contributed by atoms with Crippen LogP contribution in [0.5, 0.6) is 0 Å². The highest BCUT2D eigenvalue weighted by Gasteiger charge is 2.39. The van der Waals surface area contributed by atoms with Crippen molar-refractivity contribution in [3.05, 3.63) is 29.8 Å². The van der Waals surface area contributed by atoms with E-state index in [1.165, 1.54) is 5.56 Å². The van der Waals surface area contributed by atoms with Gasteiger partial charge in [-0.25, -0.2) is 4.58 Å². The minimum absolute atomic E-state index is 0.141. The molecule has 138 valence electrons. The van der Waals surface area contributed by atoms with Gasteiger partial charge in [-0.1, -0.05) is 31.0 Å². The number of aliphatic carboxylic acids is 1. The van der Waals surface area contributed by atoms with E-state index in [2.05, 4.69) is 23.8 Å². The van der Waals surface area contributed by atoms with E-state index in [9.17, 15) is 13.2 Å². The van der Waals surface area contributed by atoms with Crippen molar-refractivity contribution < 1.29 is 27.4 Å². The van der Waals surface area contributed by atoms with Crippen LogP contribution < -0.4 is 0 Å². The molecule has 0 radical (unpaired) electrons. The van der Waals surface area contributed by atoms with Gasteiger partial charge in [0, 0.05) is 24.5 Å². The van der Waals surface area contributed by atoms with Gasteiger partial charge in [-0.2, -0.15) is 8.42 Å². The van der Waals surface area contributed by atoms with Crippen LogP contribution in [0.3, 0.4) is 0 Å². The Morgan fingerprint density at radius 3 is 2.56 bits per heavy atom. The Hall–Kier alpha value is -1.73. The second-order valence-electron chi connectivity index (χ2n) is 6.85. The molecule has 1 aliphatic rings. The van der Waals surface area contributed by atoms with Gasteiger partial charge in [-0.3, -0.25) is 9.35 Å². The average molecular weight is 368 g/mol. The van der Waals surface area contributed by atoms with Crippen LogP contribution in [0.15, 0.2) is 24.3 Å². The lowest BCUT2D eigenvalue weighted by Crippen LogP contribution is -2.22. The molecule has 0 aliphatic carbocycles. The highest BCUT2D eigenvalue weighted by atomic mass is 32.2. The second kappa shape index (κ2) is 8.10. The van der Waals surface area contributed by atoms with Crippen molar-refractivity contribution >= 4 is 28.0 Å². The Morgan fingerprint density at radius 1 is 1.16 bits per heavy atom. The molecule has 0 saturated carbocycles. The number of carboxylic acids is 1. The van der Waals surface area contributed by atoms with Gasteiger partial charge in [-0.05, 0) is 19.8 Å². The van der Waals surface area contributed by atoms with Gasteiger partial charge in [0.2, 0.25) is 5.69 Å². The molecule has 1 aliphatic heterocycles. The third kappa shape index (κ3) is 5.64. The van der Waals surface area contributed by atoms with Crippen molar-refractivity contribution in [2.75, 3.05) is 12.3 Å². The summed E-state index contributed by atoms with van der Waals surface area (Å²) in [5.74, 6) is -1.00. The van der Waals surface area contributed by atoms with Crippen molar-refractivity contribution in [1.29, 1.82) is 0 Å². The molecule has 0 bridgehead atoms. The standard InChI is InChI=1S/C18H25NO5S/c1-18(11-6-2-3-10-17(20)21)14-19(12-7-13-25(22,23)24)16-9-5-4-8-15(16)18/h4-5,8-9,14H,2-3,6-7,10-13H2,1H3,(H-,20,21,22,23,24)/p+1. The molecule has 1 heterocycles. The summed E-state index contributed by atoms with van der Waals surface area (Å²) in [6.07, 6.45) is 6.12. The number of unbranched alkanes of at least 4 members (excludes halogenated alkanes) is 2. The minimum Gasteiger partial charge on any atom is -0.481 e. The summed E-state index contributed by atoms with van der Waals surface area (Å²) in [5.41, 5.74) is 2.14. The molecule has 1 atom stereocenters. The fraction of sp³-hybridized carbons (Fsp3) is 0.556. The zero-order valence-electron chi connectivity index (χ0n) is 14.5. The second-order valence-corrected chi connectivity index (χ2v) is 8.42. The summed E-state index contributed by atoms with van der Waals surface area (Å²) in [4.78, 5) is 10.6. The number of hydrogen-bond acceptors (Lipinski definition) is 3. The van der Waals surface area contributed by atoms with Crippen LogP contribution in [0.25, 0.3) is 0 Å². The Bertz CT molecular complexity index is 756. The fourth-order valence-electron chi connectivity index (χ4n) is 3.44. The summed E-state index contributed by atoms with van der Waals surface area (Å²) in [7, 11) is -3.94. The van der Waals surface area contributed by atoms with Crippen LogP contribution >= 0.6 is 0 Å². The Kier molecular flexibility index (Phi) is 6.35. The zero-order valence-corrected chi connectivity index (χ0v) is 15.3. The summed E-state index contributed by atoms with van der Waals surface area (Å²) < 4.78 is 32.8. The number of nitrogens with zero attached hydrogens (tertiary/aromatic N) is 1. The molecular weight excluding hydrogens is 342 g/mol. The summed E-state index contributed by atoms with van der Waals surface area (Å²) in [5, 5.41) is 8.71. The molecule has 2 N–H and O–H groups in total. The van der Waals surface area contributed by atoms with Crippen LogP contribution in [-0.2, 0) is 20.3 Å². The van der Waals surface area contributed by atoms with Gasteiger partial charge in [0.05, 0.1) is 11.2 Å². The van der Waals surface area contributed by atoms with Crippen LogP contribution in [0.2, 0.25) is 0 Å². The quantitative estimate of drug-likeness (QED) is 0.376.